The standard InChI is InChI=1S/C13H16BrNO3S/c1-2-18-13(17)10-5-3-4-7-15(10)12(16)11-9(14)6-8-19-11/h6,8,10H,2-5,7H2,1H3. The summed E-state index contributed by atoms with van der Waals surface area (Å²) in [6.45, 7) is 2.75. The number of amides is 1. The number of halogens is 1. The van der Waals surface area contributed by atoms with Gasteiger partial charge in [0.2, 0.25) is 0 Å². The summed E-state index contributed by atoms with van der Waals surface area (Å²) in [5.74, 6) is -0.372. The molecule has 2 rings (SSSR count). The van der Waals surface area contributed by atoms with Gasteiger partial charge >= 0.3 is 5.97 Å². The molecule has 1 aliphatic rings. The molecule has 1 saturated heterocycles. The van der Waals surface area contributed by atoms with Gasteiger partial charge in [0, 0.05) is 11.0 Å². The molecule has 0 aromatic carbocycles. The summed E-state index contributed by atoms with van der Waals surface area (Å²) < 4.78 is 5.86. The summed E-state index contributed by atoms with van der Waals surface area (Å²) in [7, 11) is 0. The highest BCUT2D eigenvalue weighted by atomic mass is 79.9. The Bertz CT molecular complexity index is 474. The first-order chi connectivity index (χ1) is 9.15. The number of thiophene rings is 1. The zero-order chi connectivity index (χ0) is 13.8. The summed E-state index contributed by atoms with van der Waals surface area (Å²) in [6, 6.07) is 1.41. The second-order valence-corrected chi connectivity index (χ2v) is 6.13. The molecule has 104 valence electrons. The number of esters is 1. The Kier molecular flexibility index (Phi) is 4.99. The van der Waals surface area contributed by atoms with Crippen LogP contribution in [0.1, 0.15) is 35.9 Å². The first-order valence-electron chi connectivity index (χ1n) is 6.35. The van der Waals surface area contributed by atoms with Crippen molar-refractivity contribution in [1.82, 2.24) is 4.90 Å². The van der Waals surface area contributed by atoms with E-state index in [0.29, 0.717) is 24.4 Å². The van der Waals surface area contributed by atoms with Crippen LogP contribution in [0.2, 0.25) is 0 Å². The number of ether oxygens (including phenoxy) is 1. The van der Waals surface area contributed by atoms with Gasteiger partial charge in [0.05, 0.1) is 6.61 Å². The Morgan fingerprint density at radius 2 is 2.32 bits per heavy atom. The predicted octanol–water partition coefficient (Wildman–Crippen LogP) is 3.07. The lowest BCUT2D eigenvalue weighted by Gasteiger charge is -2.33. The number of likely N-dealkylation sites (tertiary alicyclic amines) is 1. The second kappa shape index (κ2) is 6.52. The van der Waals surface area contributed by atoms with Crippen LogP contribution in [0.25, 0.3) is 0 Å². The minimum atomic E-state index is -0.435. The fraction of sp³-hybridized carbons (Fsp3) is 0.538. The van der Waals surface area contributed by atoms with Crippen molar-refractivity contribution in [2.45, 2.75) is 32.2 Å². The molecule has 1 aromatic heterocycles. The number of nitrogens with zero attached hydrogens (tertiary/aromatic N) is 1. The molecule has 6 heteroatoms. The third kappa shape index (κ3) is 3.17. The molecule has 0 bridgehead atoms. The molecule has 4 nitrogen and oxygen atoms in total. The topological polar surface area (TPSA) is 46.6 Å². The average Bonchev–Trinajstić information content (AvgIpc) is 2.84. The lowest BCUT2D eigenvalue weighted by molar-refractivity contribution is -0.149. The summed E-state index contributed by atoms with van der Waals surface area (Å²) in [5.41, 5.74) is 0. The largest absolute Gasteiger partial charge is 0.464 e. The minimum absolute atomic E-state index is 0.0837. The molecule has 1 atom stereocenters. The van der Waals surface area contributed by atoms with Gasteiger partial charge in [0.25, 0.3) is 5.91 Å². The monoisotopic (exact) mass is 345 g/mol. The maximum absolute atomic E-state index is 12.5. The Balaban J connectivity index is 2.18. The van der Waals surface area contributed by atoms with E-state index in [1.165, 1.54) is 11.3 Å². The Labute approximate surface area is 124 Å². The van der Waals surface area contributed by atoms with E-state index in [4.69, 9.17) is 4.74 Å². The van der Waals surface area contributed by atoms with E-state index in [1.54, 1.807) is 11.8 Å². The molecule has 1 aliphatic heterocycles. The maximum Gasteiger partial charge on any atom is 0.328 e. The van der Waals surface area contributed by atoms with Crippen molar-refractivity contribution < 1.29 is 14.3 Å². The molecule has 1 amide bonds. The van der Waals surface area contributed by atoms with Gasteiger partial charge in [-0.15, -0.1) is 11.3 Å². The first-order valence-corrected chi connectivity index (χ1v) is 8.03. The lowest BCUT2D eigenvalue weighted by atomic mass is 10.0. The van der Waals surface area contributed by atoms with Crippen LogP contribution in [0.3, 0.4) is 0 Å². The van der Waals surface area contributed by atoms with Gasteiger partial charge in [-0.05, 0) is 53.6 Å². The van der Waals surface area contributed by atoms with Crippen LogP contribution in [-0.2, 0) is 9.53 Å². The van der Waals surface area contributed by atoms with Gasteiger partial charge in [0.1, 0.15) is 10.9 Å². The second-order valence-electron chi connectivity index (χ2n) is 4.36. The van der Waals surface area contributed by atoms with Crippen LogP contribution >= 0.6 is 27.3 Å². The van der Waals surface area contributed by atoms with E-state index in [1.807, 2.05) is 11.4 Å². The molecule has 0 spiro atoms. The predicted molar refractivity (Wildman–Crippen MR) is 77.3 cm³/mol. The molecular formula is C13H16BrNO3S. The van der Waals surface area contributed by atoms with E-state index in [0.717, 1.165) is 17.3 Å². The van der Waals surface area contributed by atoms with Crippen molar-refractivity contribution in [2.75, 3.05) is 13.2 Å². The molecule has 1 aromatic rings. The maximum atomic E-state index is 12.5. The van der Waals surface area contributed by atoms with E-state index in [9.17, 15) is 9.59 Å². The Hall–Kier alpha value is -0.880. The fourth-order valence-electron chi connectivity index (χ4n) is 2.23. The Morgan fingerprint density at radius 1 is 1.53 bits per heavy atom. The van der Waals surface area contributed by atoms with Gasteiger partial charge in [-0.2, -0.15) is 0 Å². The van der Waals surface area contributed by atoms with Gasteiger partial charge in [-0.1, -0.05) is 0 Å². The highest BCUT2D eigenvalue weighted by molar-refractivity contribution is 9.10. The lowest BCUT2D eigenvalue weighted by Crippen LogP contribution is -2.48. The van der Waals surface area contributed by atoms with Crippen LogP contribution < -0.4 is 0 Å². The molecule has 1 unspecified atom stereocenters. The van der Waals surface area contributed by atoms with Crippen molar-refractivity contribution in [3.8, 4) is 0 Å². The quantitative estimate of drug-likeness (QED) is 0.791. The van der Waals surface area contributed by atoms with E-state index >= 15 is 0 Å². The number of hydrogen-bond donors (Lipinski definition) is 0. The summed E-state index contributed by atoms with van der Waals surface area (Å²) in [5, 5.41) is 1.86. The number of carbonyl (C=O) groups is 2. The Morgan fingerprint density at radius 3 is 2.95 bits per heavy atom. The van der Waals surface area contributed by atoms with Gasteiger partial charge in [-0.3, -0.25) is 4.79 Å². The van der Waals surface area contributed by atoms with Gasteiger partial charge in [0.15, 0.2) is 0 Å². The fourth-order valence-corrected chi connectivity index (χ4v) is 3.73. The third-order valence-electron chi connectivity index (χ3n) is 3.13. The van der Waals surface area contributed by atoms with E-state index in [-0.39, 0.29) is 11.9 Å². The molecular weight excluding hydrogens is 330 g/mol. The van der Waals surface area contributed by atoms with Gasteiger partial charge in [-0.25, -0.2) is 4.79 Å². The highest BCUT2D eigenvalue weighted by Crippen LogP contribution is 2.27. The third-order valence-corrected chi connectivity index (χ3v) is 4.96. The molecule has 2 heterocycles. The van der Waals surface area contributed by atoms with Gasteiger partial charge < -0.3 is 9.64 Å². The number of hydrogen-bond acceptors (Lipinski definition) is 4. The molecule has 0 radical (unpaired) electrons. The molecule has 19 heavy (non-hydrogen) atoms. The van der Waals surface area contributed by atoms with Crippen LogP contribution in [-0.4, -0.2) is 36.0 Å². The van der Waals surface area contributed by atoms with Crippen LogP contribution in [0.15, 0.2) is 15.9 Å². The molecule has 1 fully saturated rings. The van der Waals surface area contributed by atoms with Crippen molar-refractivity contribution in [3.63, 3.8) is 0 Å². The van der Waals surface area contributed by atoms with Crippen molar-refractivity contribution in [2.24, 2.45) is 0 Å². The summed E-state index contributed by atoms with van der Waals surface area (Å²) in [4.78, 5) is 26.7. The summed E-state index contributed by atoms with van der Waals surface area (Å²) in [6.07, 6.45) is 2.58. The van der Waals surface area contributed by atoms with Crippen LogP contribution in [0.5, 0.6) is 0 Å². The van der Waals surface area contributed by atoms with Crippen molar-refractivity contribution in [3.05, 3.63) is 20.8 Å². The normalized spacial score (nSPS) is 19.3. The van der Waals surface area contributed by atoms with Crippen LogP contribution in [0, 0.1) is 0 Å². The zero-order valence-electron chi connectivity index (χ0n) is 10.7. The molecule has 0 N–H and O–H groups in total. The average molecular weight is 346 g/mol. The van der Waals surface area contributed by atoms with Crippen molar-refractivity contribution >= 4 is 39.1 Å². The molecule has 0 aliphatic carbocycles. The SMILES string of the molecule is CCOC(=O)C1CCCCN1C(=O)c1sccc1Br. The van der Waals surface area contributed by atoms with E-state index in [2.05, 4.69) is 15.9 Å². The zero-order valence-corrected chi connectivity index (χ0v) is 13.1. The minimum Gasteiger partial charge on any atom is -0.464 e. The smallest absolute Gasteiger partial charge is 0.328 e. The number of rotatable bonds is 3. The number of carbonyl (C=O) groups excluding carboxylic acids is 2. The molecule has 0 saturated carbocycles. The highest BCUT2D eigenvalue weighted by Gasteiger charge is 2.34. The van der Waals surface area contributed by atoms with Crippen LogP contribution in [0.4, 0.5) is 0 Å². The number of piperidine rings is 1. The van der Waals surface area contributed by atoms with E-state index < -0.39 is 6.04 Å². The first kappa shape index (κ1) is 14.5. The summed E-state index contributed by atoms with van der Waals surface area (Å²) >= 11 is 4.76. The van der Waals surface area contributed by atoms with Crippen molar-refractivity contribution in [1.29, 1.82) is 0 Å².